The lowest BCUT2D eigenvalue weighted by Crippen LogP contribution is -2.31. The van der Waals surface area contributed by atoms with Gasteiger partial charge in [-0.2, -0.15) is 5.10 Å². The second kappa shape index (κ2) is 5.95. The maximum absolute atomic E-state index is 9.85. The van der Waals surface area contributed by atoms with E-state index in [2.05, 4.69) is 28.8 Å². The van der Waals surface area contributed by atoms with Gasteiger partial charge in [-0.1, -0.05) is 6.07 Å². The van der Waals surface area contributed by atoms with E-state index in [0.717, 1.165) is 0 Å². The molecule has 2 N–H and O–H groups in total. The first kappa shape index (κ1) is 12.3. The van der Waals surface area contributed by atoms with E-state index in [1.54, 1.807) is 22.2 Å². The highest BCUT2D eigenvalue weighted by Crippen LogP contribution is 2.17. The first-order valence-corrected chi connectivity index (χ1v) is 6.56. The fraction of sp³-hybridized carbons (Fsp3) is 0.417. The van der Waals surface area contributed by atoms with E-state index < -0.39 is 6.10 Å². The molecule has 0 saturated heterocycles. The summed E-state index contributed by atoms with van der Waals surface area (Å²) in [5.74, 6) is 0. The highest BCUT2D eigenvalue weighted by molar-refractivity contribution is 7.10. The zero-order chi connectivity index (χ0) is 12.1. The smallest absolute Gasteiger partial charge is 0.0860 e. The minimum absolute atomic E-state index is 0.280. The molecule has 0 spiro atoms. The Hall–Kier alpha value is -1.17. The SMILES string of the molecule is C[C@H](NCC(O)Cn1cccn1)c1cccs1. The number of nitrogens with zero attached hydrogens (tertiary/aromatic N) is 2. The molecular formula is C12H17N3OS. The molecule has 0 amide bonds. The monoisotopic (exact) mass is 251 g/mol. The third kappa shape index (κ3) is 3.66. The minimum atomic E-state index is -0.419. The molecule has 5 heteroatoms. The Morgan fingerprint density at radius 2 is 2.41 bits per heavy atom. The van der Waals surface area contributed by atoms with Crippen LogP contribution in [0.2, 0.25) is 0 Å². The fourth-order valence-electron chi connectivity index (χ4n) is 1.64. The second-order valence-corrected chi connectivity index (χ2v) is 5.01. The molecule has 0 fully saturated rings. The third-order valence-corrected chi connectivity index (χ3v) is 3.64. The Balaban J connectivity index is 1.74. The molecule has 2 heterocycles. The fourth-order valence-corrected chi connectivity index (χ4v) is 2.40. The van der Waals surface area contributed by atoms with Crippen LogP contribution < -0.4 is 5.32 Å². The predicted molar refractivity (Wildman–Crippen MR) is 69.0 cm³/mol. The third-order valence-electron chi connectivity index (χ3n) is 2.59. The van der Waals surface area contributed by atoms with E-state index in [0.29, 0.717) is 13.1 Å². The Labute approximate surface area is 105 Å². The first-order valence-electron chi connectivity index (χ1n) is 5.68. The van der Waals surface area contributed by atoms with E-state index >= 15 is 0 Å². The molecule has 2 rings (SSSR count). The normalized spacial score (nSPS) is 14.7. The lowest BCUT2D eigenvalue weighted by Gasteiger charge is -2.16. The van der Waals surface area contributed by atoms with Gasteiger partial charge in [0.25, 0.3) is 0 Å². The summed E-state index contributed by atoms with van der Waals surface area (Å²) in [7, 11) is 0. The summed E-state index contributed by atoms with van der Waals surface area (Å²) in [5.41, 5.74) is 0. The highest BCUT2D eigenvalue weighted by atomic mass is 32.1. The molecule has 2 atom stereocenters. The molecule has 0 saturated carbocycles. The van der Waals surface area contributed by atoms with Gasteiger partial charge in [0.2, 0.25) is 0 Å². The number of hydrogen-bond donors (Lipinski definition) is 2. The Morgan fingerprint density at radius 1 is 1.53 bits per heavy atom. The van der Waals surface area contributed by atoms with Crippen LogP contribution in [0.3, 0.4) is 0 Å². The molecule has 2 aromatic heterocycles. The second-order valence-electron chi connectivity index (χ2n) is 4.03. The van der Waals surface area contributed by atoms with Crippen molar-refractivity contribution in [2.24, 2.45) is 0 Å². The van der Waals surface area contributed by atoms with Crippen molar-refractivity contribution in [3.05, 3.63) is 40.8 Å². The summed E-state index contributed by atoms with van der Waals surface area (Å²) < 4.78 is 1.74. The lowest BCUT2D eigenvalue weighted by molar-refractivity contribution is 0.144. The molecule has 0 aromatic carbocycles. The van der Waals surface area contributed by atoms with E-state index in [1.807, 2.05) is 18.3 Å². The van der Waals surface area contributed by atoms with Crippen LogP contribution in [-0.4, -0.2) is 27.5 Å². The molecule has 0 aliphatic rings. The van der Waals surface area contributed by atoms with Crippen LogP contribution in [-0.2, 0) is 6.54 Å². The molecule has 1 unspecified atom stereocenters. The molecule has 0 radical (unpaired) electrons. The lowest BCUT2D eigenvalue weighted by atomic mass is 10.2. The van der Waals surface area contributed by atoms with Crippen molar-refractivity contribution < 1.29 is 5.11 Å². The quantitative estimate of drug-likeness (QED) is 0.821. The van der Waals surface area contributed by atoms with Gasteiger partial charge < -0.3 is 10.4 Å². The zero-order valence-electron chi connectivity index (χ0n) is 9.78. The van der Waals surface area contributed by atoms with Crippen LogP contribution in [0.15, 0.2) is 36.0 Å². The molecule has 0 aliphatic heterocycles. The van der Waals surface area contributed by atoms with E-state index in [-0.39, 0.29) is 6.04 Å². The van der Waals surface area contributed by atoms with Crippen molar-refractivity contribution in [2.45, 2.75) is 25.6 Å². The van der Waals surface area contributed by atoms with Gasteiger partial charge >= 0.3 is 0 Å². The van der Waals surface area contributed by atoms with Crippen molar-refractivity contribution in [3.63, 3.8) is 0 Å². The van der Waals surface area contributed by atoms with Crippen molar-refractivity contribution in [2.75, 3.05) is 6.54 Å². The number of aromatic nitrogens is 2. The number of thiophene rings is 1. The molecule has 17 heavy (non-hydrogen) atoms. The largest absolute Gasteiger partial charge is 0.390 e. The summed E-state index contributed by atoms with van der Waals surface area (Å²) in [6.07, 6.45) is 3.15. The van der Waals surface area contributed by atoms with Crippen LogP contribution in [0.4, 0.5) is 0 Å². The van der Waals surface area contributed by atoms with Gasteiger partial charge in [-0.3, -0.25) is 4.68 Å². The average molecular weight is 251 g/mol. The molecular weight excluding hydrogens is 234 g/mol. The van der Waals surface area contributed by atoms with Crippen molar-refractivity contribution in [1.82, 2.24) is 15.1 Å². The molecule has 92 valence electrons. The Morgan fingerprint density at radius 3 is 3.06 bits per heavy atom. The summed E-state index contributed by atoms with van der Waals surface area (Å²) in [4.78, 5) is 1.29. The highest BCUT2D eigenvalue weighted by Gasteiger charge is 2.09. The summed E-state index contributed by atoms with van der Waals surface area (Å²) >= 11 is 1.73. The number of hydrogen-bond acceptors (Lipinski definition) is 4. The number of aliphatic hydroxyl groups excluding tert-OH is 1. The van der Waals surface area contributed by atoms with Gasteiger partial charge in [0, 0.05) is 29.9 Å². The van der Waals surface area contributed by atoms with Crippen LogP contribution in [0.25, 0.3) is 0 Å². The first-order chi connectivity index (χ1) is 8.25. The molecule has 2 aromatic rings. The van der Waals surface area contributed by atoms with Gasteiger partial charge in [0.05, 0.1) is 12.6 Å². The van der Waals surface area contributed by atoms with Crippen LogP contribution in [0.5, 0.6) is 0 Å². The van der Waals surface area contributed by atoms with E-state index in [4.69, 9.17) is 0 Å². The number of aliphatic hydroxyl groups is 1. The Bertz CT molecular complexity index is 413. The van der Waals surface area contributed by atoms with Crippen molar-refractivity contribution in [1.29, 1.82) is 0 Å². The topological polar surface area (TPSA) is 50.1 Å². The van der Waals surface area contributed by atoms with Gasteiger partial charge in [0.15, 0.2) is 0 Å². The minimum Gasteiger partial charge on any atom is -0.390 e. The maximum Gasteiger partial charge on any atom is 0.0860 e. The van der Waals surface area contributed by atoms with Crippen molar-refractivity contribution >= 4 is 11.3 Å². The average Bonchev–Trinajstić information content (AvgIpc) is 2.97. The van der Waals surface area contributed by atoms with Gasteiger partial charge in [-0.15, -0.1) is 11.3 Å². The van der Waals surface area contributed by atoms with E-state index in [9.17, 15) is 5.11 Å². The van der Waals surface area contributed by atoms with Gasteiger partial charge in [-0.05, 0) is 24.4 Å². The van der Waals surface area contributed by atoms with Crippen LogP contribution >= 0.6 is 11.3 Å². The molecule has 4 nitrogen and oxygen atoms in total. The van der Waals surface area contributed by atoms with Crippen LogP contribution in [0, 0.1) is 0 Å². The summed E-state index contributed by atoms with van der Waals surface area (Å²) in [6.45, 7) is 3.20. The van der Waals surface area contributed by atoms with Crippen LogP contribution in [0.1, 0.15) is 17.8 Å². The molecule has 0 aliphatic carbocycles. The number of rotatable bonds is 6. The molecule has 0 bridgehead atoms. The number of nitrogens with one attached hydrogen (secondary N) is 1. The maximum atomic E-state index is 9.85. The summed E-state index contributed by atoms with van der Waals surface area (Å²) in [6, 6.07) is 6.27. The summed E-state index contributed by atoms with van der Waals surface area (Å²) in [5, 5.41) is 19.3. The van der Waals surface area contributed by atoms with Crippen molar-refractivity contribution in [3.8, 4) is 0 Å². The zero-order valence-corrected chi connectivity index (χ0v) is 10.6. The Kier molecular flexibility index (Phi) is 4.30. The predicted octanol–water partition coefficient (Wildman–Crippen LogP) is 1.66. The standard InChI is InChI=1S/C12H17N3OS/c1-10(12-4-2-7-17-12)13-8-11(16)9-15-6-3-5-14-15/h2-7,10-11,13,16H,8-9H2,1H3/t10-,11?/m0/s1. The van der Waals surface area contributed by atoms with Gasteiger partial charge in [0.1, 0.15) is 0 Å². The van der Waals surface area contributed by atoms with E-state index in [1.165, 1.54) is 4.88 Å². The van der Waals surface area contributed by atoms with Gasteiger partial charge in [-0.25, -0.2) is 0 Å².